The largest absolute Gasteiger partial charge is 0.466 e. The maximum absolute atomic E-state index is 11.9. The van der Waals surface area contributed by atoms with Gasteiger partial charge in [-0.15, -0.1) is 0 Å². The van der Waals surface area contributed by atoms with Gasteiger partial charge in [0.15, 0.2) is 0 Å². The molecule has 0 aromatic rings. The molecule has 43 heavy (non-hydrogen) atoms. The zero-order chi connectivity index (χ0) is 31.3. The fraction of sp³-hybridized carbons (Fsp3) is 0.949. The Kier molecular flexibility index (Phi) is 36.2. The Morgan fingerprint density at radius 2 is 0.512 bits per heavy atom. The predicted octanol–water partition coefficient (Wildman–Crippen LogP) is 13.0. The fourth-order valence-corrected chi connectivity index (χ4v) is 5.83. The van der Waals surface area contributed by atoms with Crippen molar-refractivity contribution in [1.29, 1.82) is 0 Å². The lowest BCUT2D eigenvalue weighted by Crippen LogP contribution is -2.07. The number of unbranched alkanes of at least 4 members (excludes halogenated alkanes) is 28. The Balaban J connectivity index is 3.25. The summed E-state index contributed by atoms with van der Waals surface area (Å²) in [5.74, 6) is -0.114. The minimum atomic E-state index is -0.0569. The van der Waals surface area contributed by atoms with Crippen molar-refractivity contribution in [2.45, 2.75) is 226 Å². The van der Waals surface area contributed by atoms with E-state index >= 15 is 0 Å². The number of rotatable bonds is 36. The average molecular weight is 609 g/mol. The molecule has 0 heterocycles. The molecule has 0 atom stereocenters. The van der Waals surface area contributed by atoms with E-state index in [-0.39, 0.29) is 11.9 Å². The molecule has 256 valence electrons. The summed E-state index contributed by atoms with van der Waals surface area (Å²) in [4.78, 5) is 23.8. The van der Waals surface area contributed by atoms with Gasteiger partial charge in [-0.1, -0.05) is 181 Å². The van der Waals surface area contributed by atoms with Crippen LogP contribution in [0.4, 0.5) is 0 Å². The molecule has 0 amide bonds. The highest BCUT2D eigenvalue weighted by Crippen LogP contribution is 2.15. The number of esters is 2. The molecule has 0 aromatic heterocycles. The normalized spacial score (nSPS) is 11.2. The van der Waals surface area contributed by atoms with E-state index in [1.807, 2.05) is 0 Å². The molecule has 0 aliphatic carbocycles. The van der Waals surface area contributed by atoms with Crippen molar-refractivity contribution >= 4 is 11.9 Å². The van der Waals surface area contributed by atoms with Crippen molar-refractivity contribution in [3.8, 4) is 0 Å². The predicted molar refractivity (Wildman–Crippen MR) is 186 cm³/mol. The van der Waals surface area contributed by atoms with Crippen LogP contribution in [0.25, 0.3) is 0 Å². The minimum absolute atomic E-state index is 0.0569. The maximum atomic E-state index is 11.9. The molecule has 4 nitrogen and oxygen atoms in total. The van der Waals surface area contributed by atoms with Crippen molar-refractivity contribution < 1.29 is 19.1 Å². The zero-order valence-corrected chi connectivity index (χ0v) is 29.4. The lowest BCUT2D eigenvalue weighted by Gasteiger charge is -2.07. The van der Waals surface area contributed by atoms with Crippen LogP contribution in [0.2, 0.25) is 0 Å². The van der Waals surface area contributed by atoms with E-state index in [9.17, 15) is 9.59 Å². The summed E-state index contributed by atoms with van der Waals surface area (Å²) in [6.45, 7) is 5.53. The standard InChI is InChI=1S/C39H76O4/c1-3-5-7-9-11-13-15-17-19-21-23-25-27-30-34-38(40)42-36-32-29-33-37-43-39(41)35-31-28-26-24-22-20-18-16-14-12-10-8-6-4-2/h3-37H2,1-2H3. The van der Waals surface area contributed by atoms with Gasteiger partial charge in [-0.3, -0.25) is 9.59 Å². The molecule has 0 aliphatic rings. The number of hydrogen-bond acceptors (Lipinski definition) is 4. The second-order valence-corrected chi connectivity index (χ2v) is 13.2. The van der Waals surface area contributed by atoms with Gasteiger partial charge in [0, 0.05) is 12.8 Å². The number of ether oxygens (including phenoxy) is 2. The molecule has 0 saturated heterocycles. The molecule has 0 radical (unpaired) electrons. The quantitative estimate of drug-likeness (QED) is 0.0524. The smallest absolute Gasteiger partial charge is 0.305 e. The minimum Gasteiger partial charge on any atom is -0.466 e. The van der Waals surface area contributed by atoms with Gasteiger partial charge < -0.3 is 9.47 Å². The third-order valence-corrected chi connectivity index (χ3v) is 8.78. The van der Waals surface area contributed by atoms with E-state index in [0.29, 0.717) is 26.1 Å². The number of hydrogen-bond donors (Lipinski definition) is 0. The summed E-state index contributed by atoms with van der Waals surface area (Å²) >= 11 is 0. The number of carbonyl (C=O) groups is 2. The van der Waals surface area contributed by atoms with Crippen molar-refractivity contribution in [2.75, 3.05) is 13.2 Å². The molecule has 0 aromatic carbocycles. The highest BCUT2D eigenvalue weighted by Gasteiger charge is 2.05. The van der Waals surface area contributed by atoms with Gasteiger partial charge in [-0.2, -0.15) is 0 Å². The molecule has 0 saturated carbocycles. The van der Waals surface area contributed by atoms with Crippen LogP contribution in [-0.2, 0) is 19.1 Å². The summed E-state index contributed by atoms with van der Waals surface area (Å²) in [6, 6.07) is 0. The van der Waals surface area contributed by atoms with Gasteiger partial charge in [-0.25, -0.2) is 0 Å². The highest BCUT2D eigenvalue weighted by molar-refractivity contribution is 5.69. The summed E-state index contributed by atoms with van der Waals surface area (Å²) in [5, 5.41) is 0. The zero-order valence-electron chi connectivity index (χ0n) is 29.4. The first kappa shape index (κ1) is 41.9. The lowest BCUT2D eigenvalue weighted by molar-refractivity contribution is -0.144. The summed E-state index contributed by atoms with van der Waals surface area (Å²) in [5.41, 5.74) is 0. The molecule has 0 N–H and O–H groups in total. The third-order valence-electron chi connectivity index (χ3n) is 8.78. The lowest BCUT2D eigenvalue weighted by atomic mass is 10.0. The number of carbonyl (C=O) groups excluding carboxylic acids is 2. The van der Waals surface area contributed by atoms with E-state index in [2.05, 4.69) is 13.8 Å². The van der Waals surface area contributed by atoms with Crippen molar-refractivity contribution in [3.63, 3.8) is 0 Å². The van der Waals surface area contributed by atoms with Crippen molar-refractivity contribution in [1.82, 2.24) is 0 Å². The van der Waals surface area contributed by atoms with Crippen LogP contribution in [0.15, 0.2) is 0 Å². The van der Waals surface area contributed by atoms with Gasteiger partial charge in [0.2, 0.25) is 0 Å². The van der Waals surface area contributed by atoms with Crippen LogP contribution < -0.4 is 0 Å². The van der Waals surface area contributed by atoms with Gasteiger partial charge in [0.05, 0.1) is 13.2 Å². The first-order valence-electron chi connectivity index (χ1n) is 19.5. The van der Waals surface area contributed by atoms with Crippen LogP contribution in [0.5, 0.6) is 0 Å². The Morgan fingerprint density at radius 3 is 0.767 bits per heavy atom. The monoisotopic (exact) mass is 609 g/mol. The highest BCUT2D eigenvalue weighted by atomic mass is 16.5. The fourth-order valence-electron chi connectivity index (χ4n) is 5.83. The molecule has 0 aliphatic heterocycles. The molecular weight excluding hydrogens is 532 g/mol. The molecule has 4 heteroatoms. The Morgan fingerprint density at radius 1 is 0.302 bits per heavy atom. The Hall–Kier alpha value is -1.06. The van der Waals surface area contributed by atoms with Crippen LogP contribution >= 0.6 is 0 Å². The van der Waals surface area contributed by atoms with Crippen LogP contribution in [0.3, 0.4) is 0 Å². The maximum Gasteiger partial charge on any atom is 0.305 e. The second kappa shape index (κ2) is 37.1. The van der Waals surface area contributed by atoms with Crippen molar-refractivity contribution in [3.05, 3.63) is 0 Å². The average Bonchev–Trinajstić information content (AvgIpc) is 3.01. The van der Waals surface area contributed by atoms with Gasteiger partial charge in [-0.05, 0) is 32.1 Å². The molecule has 0 rings (SSSR count). The summed E-state index contributed by atoms with van der Waals surface area (Å²) in [7, 11) is 0. The first-order valence-corrected chi connectivity index (χ1v) is 19.5. The Labute approximate surface area is 269 Å². The molecule has 0 fully saturated rings. The molecular formula is C39H76O4. The van der Waals surface area contributed by atoms with E-state index < -0.39 is 0 Å². The van der Waals surface area contributed by atoms with E-state index in [1.54, 1.807) is 0 Å². The van der Waals surface area contributed by atoms with Gasteiger partial charge in [0.1, 0.15) is 0 Å². The van der Waals surface area contributed by atoms with Crippen LogP contribution in [0, 0.1) is 0 Å². The Bertz CT molecular complexity index is 513. The topological polar surface area (TPSA) is 52.6 Å². The van der Waals surface area contributed by atoms with Crippen molar-refractivity contribution in [2.24, 2.45) is 0 Å². The van der Waals surface area contributed by atoms with Gasteiger partial charge >= 0.3 is 11.9 Å². The third kappa shape index (κ3) is 37.0. The van der Waals surface area contributed by atoms with E-state index in [0.717, 1.165) is 44.9 Å². The van der Waals surface area contributed by atoms with Gasteiger partial charge in [0.25, 0.3) is 0 Å². The van der Waals surface area contributed by atoms with E-state index in [1.165, 1.54) is 154 Å². The van der Waals surface area contributed by atoms with Crippen LogP contribution in [-0.4, -0.2) is 25.2 Å². The molecule has 0 spiro atoms. The first-order chi connectivity index (χ1) is 21.2. The SMILES string of the molecule is CCCCCCCCCCCCCCCCC(=O)OCCCCCOC(=O)CCCCCCCCCCCCCCCC. The molecule has 0 unspecified atom stereocenters. The summed E-state index contributed by atoms with van der Waals surface area (Å²) in [6.07, 6.45) is 40.8. The van der Waals surface area contributed by atoms with Crippen LogP contribution in [0.1, 0.15) is 226 Å². The summed E-state index contributed by atoms with van der Waals surface area (Å²) < 4.78 is 10.7. The second-order valence-electron chi connectivity index (χ2n) is 13.2. The van der Waals surface area contributed by atoms with E-state index in [4.69, 9.17) is 9.47 Å². The molecule has 0 bridgehead atoms.